The zero-order valence-corrected chi connectivity index (χ0v) is 10.8. The molecule has 0 aliphatic carbocycles. The summed E-state index contributed by atoms with van der Waals surface area (Å²) in [7, 11) is 0. The highest BCUT2D eigenvalue weighted by Gasteiger charge is 2.23. The van der Waals surface area contributed by atoms with Gasteiger partial charge in [0.1, 0.15) is 11.8 Å². The van der Waals surface area contributed by atoms with E-state index in [1.165, 1.54) is 11.3 Å². The topological polar surface area (TPSA) is 50.8 Å². The fourth-order valence-corrected chi connectivity index (χ4v) is 2.67. The second kappa shape index (κ2) is 4.77. The largest absolute Gasteiger partial charge is 0.492 e. The molecule has 3 rings (SSSR count). The predicted molar refractivity (Wildman–Crippen MR) is 71.0 cm³/mol. The molecule has 1 atom stereocenters. The molecule has 0 radical (unpaired) electrons. The van der Waals surface area contributed by atoms with E-state index < -0.39 is 0 Å². The minimum Gasteiger partial charge on any atom is -0.492 e. The van der Waals surface area contributed by atoms with Crippen molar-refractivity contribution < 1.29 is 4.74 Å². The molecule has 19 heavy (non-hydrogen) atoms. The van der Waals surface area contributed by atoms with Gasteiger partial charge >= 0.3 is 0 Å². The Kier molecular flexibility index (Phi) is 2.96. The first-order valence-electron chi connectivity index (χ1n) is 6.51. The smallest absolute Gasteiger partial charge is 0.137 e. The molecule has 96 valence electrons. The number of benzene rings is 1. The third kappa shape index (κ3) is 1.97. The van der Waals surface area contributed by atoms with Gasteiger partial charge in [-0.25, -0.2) is 4.98 Å². The van der Waals surface area contributed by atoms with Crippen molar-refractivity contribution in [2.45, 2.75) is 25.8 Å². The van der Waals surface area contributed by atoms with Crippen LogP contribution in [0.25, 0.3) is 0 Å². The number of imidazole rings is 1. The third-order valence-corrected chi connectivity index (χ3v) is 3.57. The van der Waals surface area contributed by atoms with Crippen molar-refractivity contribution in [1.82, 2.24) is 9.55 Å². The van der Waals surface area contributed by atoms with E-state index in [-0.39, 0.29) is 0 Å². The first-order valence-corrected chi connectivity index (χ1v) is 6.51. The number of fused-ring (bicyclic) bond motifs is 1. The molecule has 1 aliphatic rings. The van der Waals surface area contributed by atoms with Crippen molar-refractivity contribution in [3.63, 3.8) is 0 Å². The van der Waals surface area contributed by atoms with Gasteiger partial charge in [-0.2, -0.15) is 5.26 Å². The molecule has 1 aromatic heterocycles. The van der Waals surface area contributed by atoms with Crippen molar-refractivity contribution in [3.8, 4) is 11.8 Å². The maximum absolute atomic E-state index is 9.08. The summed E-state index contributed by atoms with van der Waals surface area (Å²) in [6.45, 7) is 2.50. The molecule has 4 heteroatoms. The molecule has 1 unspecified atom stereocenters. The summed E-state index contributed by atoms with van der Waals surface area (Å²) in [5.74, 6) is 0.677. The van der Waals surface area contributed by atoms with E-state index in [9.17, 15) is 0 Å². The number of rotatable bonds is 3. The van der Waals surface area contributed by atoms with Crippen molar-refractivity contribution in [3.05, 3.63) is 47.5 Å². The lowest BCUT2D eigenvalue weighted by Gasteiger charge is -2.15. The molecule has 4 nitrogen and oxygen atoms in total. The van der Waals surface area contributed by atoms with Crippen LogP contribution in [-0.2, 0) is 6.42 Å². The number of hydrogen-bond acceptors (Lipinski definition) is 3. The Morgan fingerprint density at radius 2 is 2.42 bits per heavy atom. The Morgan fingerprint density at radius 1 is 1.53 bits per heavy atom. The summed E-state index contributed by atoms with van der Waals surface area (Å²) in [5.41, 5.74) is 3.04. The third-order valence-electron chi connectivity index (χ3n) is 3.57. The van der Waals surface area contributed by atoms with Gasteiger partial charge in [-0.05, 0) is 37.5 Å². The second-order valence-electron chi connectivity index (χ2n) is 4.65. The second-order valence-corrected chi connectivity index (χ2v) is 4.65. The maximum Gasteiger partial charge on any atom is 0.137 e. The van der Waals surface area contributed by atoms with Crippen molar-refractivity contribution in [1.29, 1.82) is 5.26 Å². The normalized spacial score (nSPS) is 16.9. The van der Waals surface area contributed by atoms with Gasteiger partial charge in [0.05, 0.1) is 24.5 Å². The number of nitriles is 1. The van der Waals surface area contributed by atoms with Gasteiger partial charge < -0.3 is 9.30 Å². The van der Waals surface area contributed by atoms with E-state index in [1.807, 2.05) is 37.6 Å². The fourth-order valence-electron chi connectivity index (χ4n) is 2.67. The Balaban J connectivity index is 1.99. The lowest BCUT2D eigenvalue weighted by molar-refractivity contribution is 0.338. The SMILES string of the molecule is CCOc1cc(C2CCc3cncn32)ccc1C#N. The molecule has 0 saturated heterocycles. The van der Waals surface area contributed by atoms with Crippen LogP contribution in [-0.4, -0.2) is 16.2 Å². The van der Waals surface area contributed by atoms with E-state index >= 15 is 0 Å². The van der Waals surface area contributed by atoms with Gasteiger partial charge in [-0.15, -0.1) is 0 Å². The lowest BCUT2D eigenvalue weighted by Crippen LogP contribution is -2.05. The van der Waals surface area contributed by atoms with Gasteiger partial charge in [0.15, 0.2) is 0 Å². The molecular formula is C15H15N3O. The fraction of sp³-hybridized carbons (Fsp3) is 0.333. The highest BCUT2D eigenvalue weighted by atomic mass is 16.5. The highest BCUT2D eigenvalue weighted by molar-refractivity contribution is 5.46. The number of nitrogens with zero attached hydrogens (tertiary/aromatic N) is 3. The van der Waals surface area contributed by atoms with Crippen molar-refractivity contribution in [2.24, 2.45) is 0 Å². The van der Waals surface area contributed by atoms with Crippen LogP contribution < -0.4 is 4.74 Å². The van der Waals surface area contributed by atoms with Crippen LogP contribution in [0.3, 0.4) is 0 Å². The lowest BCUT2D eigenvalue weighted by atomic mass is 10.0. The summed E-state index contributed by atoms with van der Waals surface area (Å²) in [4.78, 5) is 4.19. The minimum absolute atomic E-state index is 0.310. The van der Waals surface area contributed by atoms with E-state index in [0.717, 1.165) is 12.8 Å². The summed E-state index contributed by atoms with van der Waals surface area (Å²) in [6.07, 6.45) is 5.93. The zero-order valence-electron chi connectivity index (χ0n) is 10.8. The Labute approximate surface area is 112 Å². The molecule has 0 amide bonds. The summed E-state index contributed by atoms with van der Waals surface area (Å²) in [6, 6.07) is 8.32. The van der Waals surface area contributed by atoms with Crippen LogP contribution in [0, 0.1) is 11.3 Å². The molecular weight excluding hydrogens is 238 g/mol. The van der Waals surface area contributed by atoms with Crippen LogP contribution in [0.15, 0.2) is 30.7 Å². The average molecular weight is 253 g/mol. The first kappa shape index (κ1) is 11.8. The van der Waals surface area contributed by atoms with Gasteiger partial charge in [0.2, 0.25) is 0 Å². The van der Waals surface area contributed by atoms with Crippen LogP contribution >= 0.6 is 0 Å². The quantitative estimate of drug-likeness (QED) is 0.845. The van der Waals surface area contributed by atoms with E-state index in [0.29, 0.717) is 24.0 Å². The molecule has 0 saturated carbocycles. The number of aryl methyl sites for hydroxylation is 1. The minimum atomic E-state index is 0.310. The monoisotopic (exact) mass is 253 g/mol. The molecule has 0 fully saturated rings. The van der Waals surface area contributed by atoms with E-state index in [2.05, 4.69) is 15.6 Å². The van der Waals surface area contributed by atoms with Crippen molar-refractivity contribution >= 4 is 0 Å². The van der Waals surface area contributed by atoms with Crippen LogP contribution in [0.4, 0.5) is 0 Å². The van der Waals surface area contributed by atoms with Gasteiger partial charge in [-0.3, -0.25) is 0 Å². The highest BCUT2D eigenvalue weighted by Crippen LogP contribution is 2.33. The maximum atomic E-state index is 9.08. The number of ether oxygens (including phenoxy) is 1. The van der Waals surface area contributed by atoms with Crippen molar-refractivity contribution in [2.75, 3.05) is 6.61 Å². The molecule has 0 N–H and O–H groups in total. The molecule has 2 aromatic rings. The zero-order chi connectivity index (χ0) is 13.2. The first-order chi connectivity index (χ1) is 9.33. The van der Waals surface area contributed by atoms with Crippen LogP contribution in [0.1, 0.15) is 36.2 Å². The van der Waals surface area contributed by atoms with Gasteiger partial charge in [0.25, 0.3) is 0 Å². The molecule has 1 aliphatic heterocycles. The average Bonchev–Trinajstić information content (AvgIpc) is 3.01. The Hall–Kier alpha value is -2.28. The summed E-state index contributed by atoms with van der Waals surface area (Å²) < 4.78 is 7.76. The molecule has 2 heterocycles. The summed E-state index contributed by atoms with van der Waals surface area (Å²) in [5, 5.41) is 9.08. The molecule has 0 spiro atoms. The van der Waals surface area contributed by atoms with Crippen LogP contribution in [0.5, 0.6) is 5.75 Å². The Morgan fingerprint density at radius 3 is 3.21 bits per heavy atom. The summed E-state index contributed by atoms with van der Waals surface area (Å²) >= 11 is 0. The standard InChI is InChI=1S/C15H15N3O/c1-2-19-15-7-11(3-4-12(15)8-16)14-6-5-13-9-17-10-18(13)14/h3-4,7,9-10,14H,2,5-6H2,1H3. The van der Waals surface area contributed by atoms with E-state index in [1.54, 1.807) is 0 Å². The Bertz CT molecular complexity index is 639. The predicted octanol–water partition coefficient (Wildman–Crippen LogP) is 2.69. The van der Waals surface area contributed by atoms with E-state index in [4.69, 9.17) is 10.00 Å². The number of hydrogen-bond donors (Lipinski definition) is 0. The molecule has 0 bridgehead atoms. The van der Waals surface area contributed by atoms with Gasteiger partial charge in [0, 0.05) is 11.9 Å². The van der Waals surface area contributed by atoms with Gasteiger partial charge in [-0.1, -0.05) is 6.07 Å². The van der Waals surface area contributed by atoms with Crippen LogP contribution in [0.2, 0.25) is 0 Å². The number of aromatic nitrogens is 2. The molecule has 1 aromatic carbocycles.